The van der Waals surface area contributed by atoms with E-state index in [9.17, 15) is 18.0 Å². The molecule has 3 aromatic heterocycles. The molecular formula is C25H28ClF3N4O3. The van der Waals surface area contributed by atoms with Crippen LogP contribution in [0.15, 0.2) is 67.1 Å². The van der Waals surface area contributed by atoms with Gasteiger partial charge in [-0.25, -0.2) is 4.98 Å². The van der Waals surface area contributed by atoms with Gasteiger partial charge in [-0.05, 0) is 51.2 Å². The number of aromatic amines is 1. The fourth-order valence-corrected chi connectivity index (χ4v) is 2.74. The van der Waals surface area contributed by atoms with E-state index in [1.54, 1.807) is 50.5 Å². The molecule has 0 saturated heterocycles. The molecule has 7 nitrogen and oxygen atoms in total. The Hall–Kier alpha value is -3.60. The first-order chi connectivity index (χ1) is 17.2. The molecule has 0 fully saturated rings. The van der Waals surface area contributed by atoms with Crippen molar-refractivity contribution in [2.75, 3.05) is 13.7 Å². The zero-order chi connectivity index (χ0) is 27.7. The maximum atomic E-state index is 12.3. The van der Waals surface area contributed by atoms with Crippen LogP contribution in [0.3, 0.4) is 0 Å². The molecule has 0 aliphatic heterocycles. The first-order valence-electron chi connectivity index (χ1n) is 10.4. The summed E-state index contributed by atoms with van der Waals surface area (Å²) >= 11 is 5.75. The van der Waals surface area contributed by atoms with Crippen LogP contribution in [0.1, 0.15) is 34.1 Å². The number of nitrogens with zero attached hydrogens (tertiary/aromatic N) is 2. The number of aliphatic hydroxyl groups is 1. The van der Waals surface area contributed by atoms with E-state index in [2.05, 4.69) is 20.7 Å². The van der Waals surface area contributed by atoms with Crippen LogP contribution in [-0.2, 0) is 11.0 Å². The molecule has 0 aliphatic rings. The summed E-state index contributed by atoms with van der Waals surface area (Å²) in [4.78, 5) is 31.5. The average molecular weight is 525 g/mol. The van der Waals surface area contributed by atoms with Crippen molar-refractivity contribution in [1.29, 1.82) is 0 Å². The summed E-state index contributed by atoms with van der Waals surface area (Å²) in [5.41, 5.74) is 6.18. The number of carbonyl (C=O) groups excluding carboxylic acids is 2. The van der Waals surface area contributed by atoms with Gasteiger partial charge in [-0.15, -0.1) is 0 Å². The smallest absolute Gasteiger partial charge is 0.397 e. The van der Waals surface area contributed by atoms with Gasteiger partial charge in [0.05, 0.1) is 10.6 Å². The Morgan fingerprint density at radius 1 is 1.11 bits per heavy atom. The molecule has 0 aliphatic carbocycles. The number of halogens is 4. The number of carbonyl (C=O) groups is 2. The number of alkyl halides is 3. The number of aliphatic hydroxyl groups excluding tert-OH is 1. The number of rotatable bonds is 2. The Morgan fingerprint density at radius 2 is 1.75 bits per heavy atom. The van der Waals surface area contributed by atoms with Crippen LogP contribution >= 0.6 is 11.6 Å². The lowest BCUT2D eigenvalue weighted by Crippen LogP contribution is -2.04. The van der Waals surface area contributed by atoms with Crippen molar-refractivity contribution in [1.82, 2.24) is 15.0 Å². The third kappa shape index (κ3) is 10.3. The number of hydrogen-bond donors (Lipinski definition) is 3. The van der Waals surface area contributed by atoms with E-state index in [-0.39, 0.29) is 12.4 Å². The molecule has 1 aromatic carbocycles. The summed E-state index contributed by atoms with van der Waals surface area (Å²) in [6, 6.07) is 12.0. The molecular weight excluding hydrogens is 497 g/mol. The van der Waals surface area contributed by atoms with E-state index in [1.165, 1.54) is 19.3 Å². The van der Waals surface area contributed by atoms with Gasteiger partial charge in [-0.3, -0.25) is 9.78 Å². The lowest BCUT2D eigenvalue weighted by Gasteiger charge is -2.05. The van der Waals surface area contributed by atoms with Crippen molar-refractivity contribution in [3.8, 4) is 0 Å². The van der Waals surface area contributed by atoms with Crippen LogP contribution in [-0.4, -0.2) is 46.3 Å². The number of ketones is 1. The van der Waals surface area contributed by atoms with Crippen molar-refractivity contribution < 1.29 is 27.9 Å². The van der Waals surface area contributed by atoms with Gasteiger partial charge in [-0.2, -0.15) is 13.2 Å². The van der Waals surface area contributed by atoms with Crippen molar-refractivity contribution in [2.24, 2.45) is 5.73 Å². The number of fused-ring (bicyclic) bond motifs is 1. The van der Waals surface area contributed by atoms with Gasteiger partial charge >= 0.3 is 6.18 Å². The number of hydrogen-bond acceptors (Lipinski definition) is 6. The fraction of sp³-hybridized carbons (Fsp3) is 0.200. The molecule has 0 atom stereocenters. The summed E-state index contributed by atoms with van der Waals surface area (Å²) in [5, 5.41) is 8.87. The van der Waals surface area contributed by atoms with E-state index < -0.39 is 11.7 Å². The van der Waals surface area contributed by atoms with Gasteiger partial charge in [0.2, 0.25) is 5.78 Å². The Bertz CT molecular complexity index is 1180. The molecule has 11 heteroatoms. The largest absolute Gasteiger partial charge is 0.416 e. The maximum Gasteiger partial charge on any atom is 0.416 e. The molecule has 0 amide bonds. The number of benzene rings is 1. The highest BCUT2D eigenvalue weighted by atomic mass is 35.5. The minimum atomic E-state index is -4.22. The Labute approximate surface area is 212 Å². The van der Waals surface area contributed by atoms with Crippen LogP contribution in [0.25, 0.3) is 11.0 Å². The van der Waals surface area contributed by atoms with Crippen molar-refractivity contribution in [3.63, 3.8) is 0 Å². The second-order valence-electron chi connectivity index (χ2n) is 6.47. The molecule has 4 rings (SSSR count). The Kier molecular flexibility index (Phi) is 15.2. The van der Waals surface area contributed by atoms with Gasteiger partial charge in [-0.1, -0.05) is 35.4 Å². The van der Waals surface area contributed by atoms with Crippen LogP contribution in [0.5, 0.6) is 0 Å². The normalized spacial score (nSPS) is 9.69. The fourth-order valence-electron chi connectivity index (χ4n) is 2.63. The Morgan fingerprint density at radius 3 is 2.25 bits per heavy atom. The molecule has 4 aromatic rings. The second kappa shape index (κ2) is 16.9. The van der Waals surface area contributed by atoms with E-state index in [1.807, 2.05) is 12.9 Å². The van der Waals surface area contributed by atoms with E-state index in [0.717, 1.165) is 17.5 Å². The van der Waals surface area contributed by atoms with Crippen molar-refractivity contribution >= 4 is 35.2 Å². The van der Waals surface area contributed by atoms with E-state index >= 15 is 0 Å². The SMILES string of the molecule is C=O.CCO.CN.Cc1cccc(C(F)(F)F)c1.O=C(c1ccc(Cl)cn1)c1ccnc2[nH]ccc12. The Balaban J connectivity index is 0.000000585. The minimum absolute atomic E-state index is 0.140. The number of H-pyrrole nitrogens is 1. The summed E-state index contributed by atoms with van der Waals surface area (Å²) in [5.74, 6) is -0.140. The van der Waals surface area contributed by atoms with E-state index in [0.29, 0.717) is 27.5 Å². The second-order valence-corrected chi connectivity index (χ2v) is 6.91. The first kappa shape index (κ1) is 32.4. The van der Waals surface area contributed by atoms with Crippen LogP contribution in [0, 0.1) is 6.92 Å². The highest BCUT2D eigenvalue weighted by molar-refractivity contribution is 6.30. The molecule has 36 heavy (non-hydrogen) atoms. The zero-order valence-corrected chi connectivity index (χ0v) is 20.8. The van der Waals surface area contributed by atoms with Crippen LogP contribution < -0.4 is 5.73 Å². The van der Waals surface area contributed by atoms with Crippen molar-refractivity contribution in [2.45, 2.75) is 20.0 Å². The molecule has 0 bridgehead atoms. The predicted molar refractivity (Wildman–Crippen MR) is 135 cm³/mol. The summed E-state index contributed by atoms with van der Waals surface area (Å²) < 4.78 is 35.9. The lowest BCUT2D eigenvalue weighted by molar-refractivity contribution is -0.137. The van der Waals surface area contributed by atoms with Gasteiger partial charge in [0.25, 0.3) is 0 Å². The highest BCUT2D eigenvalue weighted by Gasteiger charge is 2.29. The number of nitrogens with one attached hydrogen (secondary N) is 1. The molecule has 194 valence electrons. The van der Waals surface area contributed by atoms with Gasteiger partial charge in [0, 0.05) is 36.1 Å². The molecule has 4 N–H and O–H groups in total. The topological polar surface area (TPSA) is 122 Å². The lowest BCUT2D eigenvalue weighted by atomic mass is 10.1. The van der Waals surface area contributed by atoms with E-state index in [4.69, 9.17) is 21.5 Å². The first-order valence-corrected chi connectivity index (χ1v) is 10.7. The molecule has 3 heterocycles. The third-order valence-corrected chi connectivity index (χ3v) is 4.23. The van der Waals surface area contributed by atoms with Crippen LogP contribution in [0.2, 0.25) is 5.02 Å². The number of aryl methyl sites for hydroxylation is 1. The van der Waals surface area contributed by atoms with Crippen LogP contribution in [0.4, 0.5) is 13.2 Å². The average Bonchev–Trinajstić information content (AvgIpc) is 3.36. The number of pyridine rings is 2. The molecule has 0 radical (unpaired) electrons. The standard InChI is InChI=1S/C13H8ClN3O.C8H7F3.C2H6O.CH5N.CH2O/c14-8-1-2-11(17-7-8)12(18)9-3-5-15-13-10(9)4-6-16-13;1-6-3-2-4-7(5-6)8(9,10)11;1-2-3;2*1-2/h1-7H,(H,15,16);2-5H,1H3;3H,2H2,1H3;2H2,1H3;1H2. The molecule has 0 saturated carbocycles. The van der Waals surface area contributed by atoms with Gasteiger partial charge < -0.3 is 20.6 Å². The number of aromatic nitrogens is 3. The number of nitrogens with two attached hydrogens (primary N) is 1. The molecule has 0 spiro atoms. The quantitative estimate of drug-likeness (QED) is 0.308. The summed E-state index contributed by atoms with van der Waals surface area (Å²) in [6.07, 6.45) is 0.599. The zero-order valence-electron chi connectivity index (χ0n) is 20.0. The predicted octanol–water partition coefficient (Wildman–Crippen LogP) is 5.24. The highest BCUT2D eigenvalue weighted by Crippen LogP contribution is 2.29. The van der Waals surface area contributed by atoms with Gasteiger partial charge in [0.1, 0.15) is 18.1 Å². The minimum Gasteiger partial charge on any atom is -0.397 e. The summed E-state index contributed by atoms with van der Waals surface area (Å²) in [6.45, 7) is 5.56. The van der Waals surface area contributed by atoms with Gasteiger partial charge in [0.15, 0.2) is 0 Å². The molecule has 0 unspecified atom stereocenters. The third-order valence-electron chi connectivity index (χ3n) is 4.01. The van der Waals surface area contributed by atoms with Crippen molar-refractivity contribution in [3.05, 3.63) is 94.5 Å². The summed E-state index contributed by atoms with van der Waals surface area (Å²) in [7, 11) is 1.50. The monoisotopic (exact) mass is 524 g/mol. The maximum absolute atomic E-state index is 12.3.